The van der Waals surface area contributed by atoms with Gasteiger partial charge < -0.3 is 9.84 Å². The van der Waals surface area contributed by atoms with Crippen molar-refractivity contribution in [3.8, 4) is 0 Å². The summed E-state index contributed by atoms with van der Waals surface area (Å²) < 4.78 is 4.75. The van der Waals surface area contributed by atoms with Crippen molar-refractivity contribution in [3.63, 3.8) is 0 Å². The molecule has 100 valence electrons. The van der Waals surface area contributed by atoms with Gasteiger partial charge in [-0.2, -0.15) is 5.10 Å². The molecule has 0 aliphatic carbocycles. The molecule has 0 saturated heterocycles. The third-order valence-electron chi connectivity index (χ3n) is 2.85. The molecule has 1 aromatic carbocycles. The first-order valence-electron chi connectivity index (χ1n) is 5.91. The zero-order chi connectivity index (χ0) is 13.9. The Morgan fingerprint density at radius 1 is 1.25 bits per heavy atom. The topological polar surface area (TPSA) is 101 Å². The Kier molecular flexibility index (Phi) is 3.00. The van der Waals surface area contributed by atoms with Gasteiger partial charge in [-0.05, 0) is 6.07 Å². The van der Waals surface area contributed by atoms with Gasteiger partial charge in [-0.15, -0.1) is 0 Å². The molecule has 0 radical (unpaired) electrons. The minimum absolute atomic E-state index is 0.124. The van der Waals surface area contributed by atoms with E-state index in [2.05, 4.69) is 20.7 Å². The number of hydrogen-bond acceptors (Lipinski definition) is 5. The van der Waals surface area contributed by atoms with E-state index < -0.39 is 0 Å². The van der Waals surface area contributed by atoms with E-state index in [1.807, 2.05) is 6.07 Å². The van der Waals surface area contributed by atoms with Crippen molar-refractivity contribution in [2.45, 2.75) is 6.54 Å². The number of nitrogens with zero attached hydrogens (tertiary/aromatic N) is 2. The molecule has 2 aromatic heterocycles. The van der Waals surface area contributed by atoms with E-state index in [1.165, 1.54) is 12.3 Å². The van der Waals surface area contributed by atoms with Crippen LogP contribution in [-0.4, -0.2) is 21.3 Å². The van der Waals surface area contributed by atoms with Gasteiger partial charge in [0.1, 0.15) is 0 Å². The molecule has 0 spiro atoms. The molecular formula is C13H10N4O3. The van der Waals surface area contributed by atoms with Crippen LogP contribution in [0.2, 0.25) is 0 Å². The first-order chi connectivity index (χ1) is 9.75. The van der Waals surface area contributed by atoms with Crippen LogP contribution in [0.5, 0.6) is 0 Å². The molecule has 0 aliphatic heterocycles. The third kappa shape index (κ3) is 2.16. The molecule has 0 atom stereocenters. The molecule has 0 fully saturated rings. The molecule has 0 bridgehead atoms. The van der Waals surface area contributed by atoms with Crippen LogP contribution in [0.15, 0.2) is 45.8 Å². The molecule has 0 unspecified atom stereocenters. The van der Waals surface area contributed by atoms with Crippen molar-refractivity contribution in [1.29, 1.82) is 0 Å². The summed E-state index contributed by atoms with van der Waals surface area (Å²) in [5.41, 5.74) is 0.318. The highest BCUT2D eigenvalue weighted by molar-refractivity contribution is 5.91. The van der Waals surface area contributed by atoms with Gasteiger partial charge in [-0.25, -0.2) is 5.10 Å². The van der Waals surface area contributed by atoms with E-state index in [9.17, 15) is 9.59 Å². The molecule has 2 heterocycles. The van der Waals surface area contributed by atoms with Gasteiger partial charge in [0.05, 0.1) is 23.8 Å². The van der Waals surface area contributed by atoms with Crippen molar-refractivity contribution < 1.29 is 9.32 Å². The van der Waals surface area contributed by atoms with Gasteiger partial charge in [-0.3, -0.25) is 9.59 Å². The summed E-state index contributed by atoms with van der Waals surface area (Å²) in [7, 11) is 0. The number of carbonyl (C=O) groups is 1. The Hall–Kier alpha value is -2.96. The van der Waals surface area contributed by atoms with Gasteiger partial charge in [0, 0.05) is 11.5 Å². The van der Waals surface area contributed by atoms with E-state index in [0.717, 1.165) is 0 Å². The number of H-pyrrole nitrogens is 1. The lowest BCUT2D eigenvalue weighted by Crippen LogP contribution is -2.24. The van der Waals surface area contributed by atoms with Crippen LogP contribution >= 0.6 is 0 Å². The number of aromatic amines is 1. The van der Waals surface area contributed by atoms with Crippen LogP contribution in [0.3, 0.4) is 0 Å². The Morgan fingerprint density at radius 3 is 2.80 bits per heavy atom. The Morgan fingerprint density at radius 2 is 2.05 bits per heavy atom. The molecule has 3 rings (SSSR count). The minimum atomic E-state index is -0.389. The second kappa shape index (κ2) is 4.96. The fraction of sp³-hybridized carbons (Fsp3) is 0.0769. The predicted molar refractivity (Wildman–Crippen MR) is 70.0 cm³/mol. The van der Waals surface area contributed by atoms with Crippen LogP contribution in [0.4, 0.5) is 0 Å². The zero-order valence-electron chi connectivity index (χ0n) is 10.3. The summed E-state index contributed by atoms with van der Waals surface area (Å²) in [6.07, 6.45) is 1.39. The summed E-state index contributed by atoms with van der Waals surface area (Å²) in [6.45, 7) is 0.177. The number of nitrogens with one attached hydrogen (secondary N) is 2. The Bertz CT molecular complexity index is 808. The maximum Gasteiger partial charge on any atom is 0.290 e. The maximum absolute atomic E-state index is 11.7. The van der Waals surface area contributed by atoms with Crippen molar-refractivity contribution in [2.24, 2.45) is 0 Å². The smallest absolute Gasteiger partial charge is 0.290 e. The molecule has 1 amide bonds. The highest BCUT2D eigenvalue weighted by Crippen LogP contribution is 2.12. The lowest BCUT2D eigenvalue weighted by atomic mass is 10.1. The first kappa shape index (κ1) is 12.1. The van der Waals surface area contributed by atoms with Gasteiger partial charge in [0.2, 0.25) is 5.76 Å². The SMILES string of the molecule is O=C(NCc1n[nH]c(=O)c2ccccc12)c1ccno1. The lowest BCUT2D eigenvalue weighted by molar-refractivity contribution is 0.0913. The molecule has 7 heteroatoms. The number of fused-ring (bicyclic) bond motifs is 1. The summed E-state index contributed by atoms with van der Waals surface area (Å²) >= 11 is 0. The quantitative estimate of drug-likeness (QED) is 0.734. The summed E-state index contributed by atoms with van der Waals surface area (Å²) in [4.78, 5) is 23.4. The summed E-state index contributed by atoms with van der Waals surface area (Å²) in [5, 5.41) is 13.7. The molecule has 0 aliphatic rings. The molecule has 3 aromatic rings. The van der Waals surface area contributed by atoms with Crippen LogP contribution in [0.1, 0.15) is 16.2 Å². The highest BCUT2D eigenvalue weighted by Gasteiger charge is 2.11. The average Bonchev–Trinajstić information content (AvgIpc) is 3.01. The summed E-state index contributed by atoms with van der Waals surface area (Å²) in [5.74, 6) is -0.265. The van der Waals surface area contributed by atoms with Gasteiger partial charge >= 0.3 is 0 Å². The molecule has 20 heavy (non-hydrogen) atoms. The van der Waals surface area contributed by atoms with Crippen LogP contribution in [-0.2, 0) is 6.54 Å². The number of amides is 1. The fourth-order valence-corrected chi connectivity index (χ4v) is 1.89. The zero-order valence-corrected chi connectivity index (χ0v) is 10.3. The number of aromatic nitrogens is 3. The summed E-state index contributed by atoms with van der Waals surface area (Å²) in [6, 6.07) is 8.54. The number of hydrogen-bond donors (Lipinski definition) is 2. The van der Waals surface area contributed by atoms with Gasteiger partial charge in [0.15, 0.2) is 0 Å². The van der Waals surface area contributed by atoms with E-state index in [0.29, 0.717) is 16.5 Å². The molecule has 7 nitrogen and oxygen atoms in total. The molecular weight excluding hydrogens is 260 g/mol. The monoisotopic (exact) mass is 270 g/mol. The van der Waals surface area contributed by atoms with E-state index in [4.69, 9.17) is 4.52 Å². The van der Waals surface area contributed by atoms with Crippen molar-refractivity contribution >= 4 is 16.7 Å². The average molecular weight is 270 g/mol. The van der Waals surface area contributed by atoms with Crippen molar-refractivity contribution in [1.82, 2.24) is 20.7 Å². The molecule has 2 N–H and O–H groups in total. The second-order valence-corrected chi connectivity index (χ2v) is 4.10. The number of carbonyl (C=O) groups excluding carboxylic acids is 1. The van der Waals surface area contributed by atoms with Crippen LogP contribution in [0.25, 0.3) is 10.8 Å². The fourth-order valence-electron chi connectivity index (χ4n) is 1.89. The maximum atomic E-state index is 11.7. The van der Waals surface area contributed by atoms with E-state index >= 15 is 0 Å². The number of benzene rings is 1. The minimum Gasteiger partial charge on any atom is -0.351 e. The third-order valence-corrected chi connectivity index (χ3v) is 2.85. The number of rotatable bonds is 3. The van der Waals surface area contributed by atoms with Crippen molar-refractivity contribution in [3.05, 3.63) is 58.3 Å². The van der Waals surface area contributed by atoms with Gasteiger partial charge in [0.25, 0.3) is 11.5 Å². The lowest BCUT2D eigenvalue weighted by Gasteiger charge is -2.05. The van der Waals surface area contributed by atoms with Crippen LogP contribution in [0, 0.1) is 0 Å². The van der Waals surface area contributed by atoms with E-state index in [-0.39, 0.29) is 23.8 Å². The first-order valence-corrected chi connectivity index (χ1v) is 5.91. The largest absolute Gasteiger partial charge is 0.351 e. The van der Waals surface area contributed by atoms with Gasteiger partial charge in [-0.1, -0.05) is 23.4 Å². The second-order valence-electron chi connectivity index (χ2n) is 4.10. The highest BCUT2D eigenvalue weighted by atomic mass is 16.5. The Labute approximate surface area is 112 Å². The van der Waals surface area contributed by atoms with Crippen molar-refractivity contribution in [2.75, 3.05) is 0 Å². The Balaban J connectivity index is 1.87. The van der Waals surface area contributed by atoms with Crippen LogP contribution < -0.4 is 10.9 Å². The predicted octanol–water partition coefficient (Wildman–Crippen LogP) is 0.841. The normalized spacial score (nSPS) is 10.6. The molecule has 0 saturated carbocycles. The standard InChI is InChI=1S/C13H10N4O3/c18-12-9-4-2-1-3-8(9)10(16-17-12)7-14-13(19)11-5-6-15-20-11/h1-6H,7H2,(H,14,19)(H,17,18). The van der Waals surface area contributed by atoms with E-state index in [1.54, 1.807) is 18.2 Å².